The minimum Gasteiger partial charge on any atom is -0.480 e. The second-order valence-corrected chi connectivity index (χ2v) is 6.59. The van der Waals surface area contributed by atoms with Gasteiger partial charge in [0.15, 0.2) is 0 Å². The van der Waals surface area contributed by atoms with Gasteiger partial charge in [0.25, 0.3) is 0 Å². The molecule has 2 rings (SSSR count). The highest BCUT2D eigenvalue weighted by Crippen LogP contribution is 2.31. The lowest BCUT2D eigenvalue weighted by Gasteiger charge is -2.38. The average Bonchev–Trinajstić information content (AvgIpc) is 2.48. The Morgan fingerprint density at radius 1 is 1.12 bits per heavy atom. The number of halogens is 3. The molecule has 1 unspecified atom stereocenters. The van der Waals surface area contributed by atoms with E-state index in [0.29, 0.717) is 24.6 Å². The van der Waals surface area contributed by atoms with E-state index in [-0.39, 0.29) is 0 Å². The Kier molecular flexibility index (Phi) is 5.87. The summed E-state index contributed by atoms with van der Waals surface area (Å²) in [6.07, 6.45) is -4.42. The molecule has 0 bridgehead atoms. The van der Waals surface area contributed by atoms with Crippen molar-refractivity contribution in [2.45, 2.75) is 26.1 Å². The number of carbonyl (C=O) groups is 1. The molecular weight excluding hydrogens is 321 g/mol. The van der Waals surface area contributed by atoms with Crippen LogP contribution in [0.3, 0.4) is 0 Å². The zero-order valence-corrected chi connectivity index (χ0v) is 13.9. The van der Waals surface area contributed by atoms with E-state index in [4.69, 9.17) is 0 Å². The zero-order chi connectivity index (χ0) is 17.9. The number of nitrogens with zero attached hydrogens (tertiary/aromatic N) is 2. The van der Waals surface area contributed by atoms with Crippen molar-refractivity contribution in [2.24, 2.45) is 5.92 Å². The Labute approximate surface area is 139 Å². The molecule has 0 saturated carbocycles. The van der Waals surface area contributed by atoms with E-state index in [1.165, 1.54) is 12.1 Å². The summed E-state index contributed by atoms with van der Waals surface area (Å²) < 4.78 is 37.9. The number of hydrogen-bond donors (Lipinski definition) is 1. The molecule has 7 heteroatoms. The van der Waals surface area contributed by atoms with Gasteiger partial charge in [0.2, 0.25) is 0 Å². The Morgan fingerprint density at radius 3 is 2.08 bits per heavy atom. The number of aliphatic carboxylic acids is 1. The van der Waals surface area contributed by atoms with Crippen LogP contribution in [0.15, 0.2) is 24.3 Å². The second-order valence-electron chi connectivity index (χ2n) is 6.59. The smallest absolute Gasteiger partial charge is 0.416 e. The first-order chi connectivity index (χ1) is 11.2. The second kappa shape index (κ2) is 7.53. The Morgan fingerprint density at radius 2 is 1.67 bits per heavy atom. The van der Waals surface area contributed by atoms with Crippen LogP contribution in [0.5, 0.6) is 0 Å². The largest absolute Gasteiger partial charge is 0.480 e. The van der Waals surface area contributed by atoms with Crippen molar-refractivity contribution in [3.63, 3.8) is 0 Å². The quantitative estimate of drug-likeness (QED) is 0.891. The molecule has 1 fully saturated rings. The third-order valence-corrected chi connectivity index (χ3v) is 4.18. The van der Waals surface area contributed by atoms with Crippen LogP contribution in [0.1, 0.15) is 31.0 Å². The van der Waals surface area contributed by atoms with Gasteiger partial charge in [-0.3, -0.25) is 9.69 Å². The highest BCUT2D eigenvalue weighted by molar-refractivity contribution is 5.75. The van der Waals surface area contributed by atoms with E-state index in [2.05, 4.69) is 18.7 Å². The molecule has 1 N–H and O–H groups in total. The summed E-state index contributed by atoms with van der Waals surface area (Å²) in [6.45, 7) is 7.94. The summed E-state index contributed by atoms with van der Waals surface area (Å²) in [7, 11) is 0. The summed E-state index contributed by atoms with van der Waals surface area (Å²) in [6, 6.07) is 3.51. The SMILES string of the molecule is CC(C)CN1CCN(C(C(=O)O)c2ccc(C(F)(F)F)cc2)CC1. The van der Waals surface area contributed by atoms with E-state index < -0.39 is 23.8 Å². The van der Waals surface area contributed by atoms with Crippen LogP contribution in [-0.2, 0) is 11.0 Å². The number of alkyl halides is 3. The molecule has 0 aliphatic carbocycles. The molecule has 1 aromatic rings. The minimum atomic E-state index is -4.42. The van der Waals surface area contributed by atoms with E-state index >= 15 is 0 Å². The number of rotatable bonds is 5. The number of benzene rings is 1. The molecule has 134 valence electrons. The van der Waals surface area contributed by atoms with Gasteiger partial charge in [0.1, 0.15) is 6.04 Å². The van der Waals surface area contributed by atoms with Crippen molar-refractivity contribution in [1.29, 1.82) is 0 Å². The first kappa shape index (κ1) is 18.7. The minimum absolute atomic E-state index is 0.382. The normalized spacial score (nSPS) is 18.8. The Bertz CT molecular complexity index is 550. The molecule has 1 aromatic carbocycles. The maximum absolute atomic E-state index is 12.6. The van der Waals surface area contributed by atoms with Crippen LogP contribution in [0, 0.1) is 5.92 Å². The fourth-order valence-electron chi connectivity index (χ4n) is 3.08. The van der Waals surface area contributed by atoms with Crippen LogP contribution in [0.4, 0.5) is 13.2 Å². The lowest BCUT2D eigenvalue weighted by Crippen LogP contribution is -2.49. The van der Waals surface area contributed by atoms with Gasteiger partial charge in [0.05, 0.1) is 5.56 Å². The van der Waals surface area contributed by atoms with Crippen LogP contribution < -0.4 is 0 Å². The summed E-state index contributed by atoms with van der Waals surface area (Å²) in [5.74, 6) is -0.492. The summed E-state index contributed by atoms with van der Waals surface area (Å²) in [5, 5.41) is 9.54. The fraction of sp³-hybridized carbons (Fsp3) is 0.588. The van der Waals surface area contributed by atoms with E-state index in [1.54, 1.807) is 0 Å². The number of hydrogen-bond acceptors (Lipinski definition) is 3. The first-order valence-corrected chi connectivity index (χ1v) is 8.05. The maximum Gasteiger partial charge on any atom is 0.416 e. The number of carboxylic acid groups (broad SMARTS) is 1. The van der Waals surface area contributed by atoms with E-state index in [1.807, 2.05) is 4.90 Å². The fourth-order valence-corrected chi connectivity index (χ4v) is 3.08. The van der Waals surface area contributed by atoms with Gasteiger partial charge in [-0.25, -0.2) is 0 Å². The topological polar surface area (TPSA) is 43.8 Å². The van der Waals surface area contributed by atoms with Crippen LogP contribution in [0.2, 0.25) is 0 Å². The van der Waals surface area contributed by atoms with Gasteiger partial charge in [-0.15, -0.1) is 0 Å². The van der Waals surface area contributed by atoms with Crippen molar-refractivity contribution < 1.29 is 23.1 Å². The lowest BCUT2D eigenvalue weighted by molar-refractivity contribution is -0.144. The van der Waals surface area contributed by atoms with Crippen molar-refractivity contribution in [3.05, 3.63) is 35.4 Å². The van der Waals surface area contributed by atoms with Gasteiger partial charge in [-0.2, -0.15) is 13.2 Å². The lowest BCUT2D eigenvalue weighted by atomic mass is 10.0. The Hall–Kier alpha value is -1.60. The van der Waals surface area contributed by atoms with Gasteiger partial charge < -0.3 is 10.0 Å². The highest BCUT2D eigenvalue weighted by Gasteiger charge is 2.33. The molecule has 0 spiro atoms. The predicted octanol–water partition coefficient (Wildman–Crippen LogP) is 3.10. The zero-order valence-electron chi connectivity index (χ0n) is 13.9. The third-order valence-electron chi connectivity index (χ3n) is 4.18. The van der Waals surface area contributed by atoms with Gasteiger partial charge in [-0.05, 0) is 23.6 Å². The summed E-state index contributed by atoms with van der Waals surface area (Å²) >= 11 is 0. The molecule has 0 radical (unpaired) electrons. The van der Waals surface area contributed by atoms with Crippen LogP contribution in [-0.4, -0.2) is 53.6 Å². The average molecular weight is 344 g/mol. The molecular formula is C17H23F3N2O2. The molecule has 1 saturated heterocycles. The Balaban J connectivity index is 2.09. The van der Waals surface area contributed by atoms with Crippen LogP contribution in [0.25, 0.3) is 0 Å². The molecule has 24 heavy (non-hydrogen) atoms. The van der Waals surface area contributed by atoms with Gasteiger partial charge in [-0.1, -0.05) is 26.0 Å². The molecule has 1 atom stereocenters. The third kappa shape index (κ3) is 4.70. The molecule has 0 amide bonds. The number of piperazine rings is 1. The van der Waals surface area contributed by atoms with E-state index in [9.17, 15) is 23.1 Å². The van der Waals surface area contributed by atoms with Crippen molar-refractivity contribution in [3.8, 4) is 0 Å². The molecule has 1 aliphatic heterocycles. The summed E-state index contributed by atoms with van der Waals surface area (Å²) in [4.78, 5) is 15.8. The van der Waals surface area contributed by atoms with Crippen LogP contribution >= 0.6 is 0 Å². The van der Waals surface area contributed by atoms with Crippen molar-refractivity contribution in [1.82, 2.24) is 9.80 Å². The highest BCUT2D eigenvalue weighted by atomic mass is 19.4. The number of carboxylic acids is 1. The summed E-state index contributed by atoms with van der Waals surface area (Å²) in [5.41, 5.74) is -0.384. The van der Waals surface area contributed by atoms with E-state index in [0.717, 1.165) is 31.8 Å². The van der Waals surface area contributed by atoms with Crippen molar-refractivity contribution >= 4 is 5.97 Å². The van der Waals surface area contributed by atoms with Gasteiger partial charge >= 0.3 is 12.1 Å². The maximum atomic E-state index is 12.6. The molecule has 1 heterocycles. The predicted molar refractivity (Wildman–Crippen MR) is 84.7 cm³/mol. The molecule has 1 aliphatic rings. The molecule has 4 nitrogen and oxygen atoms in total. The van der Waals surface area contributed by atoms with Gasteiger partial charge in [0, 0.05) is 32.7 Å². The standard InChI is InChI=1S/C17H23F3N2O2/c1-12(2)11-21-7-9-22(10-8-21)15(16(23)24)13-3-5-14(6-4-13)17(18,19)20/h3-6,12,15H,7-11H2,1-2H3,(H,23,24). The van der Waals surface area contributed by atoms with Crippen molar-refractivity contribution in [2.75, 3.05) is 32.7 Å². The monoisotopic (exact) mass is 344 g/mol. The first-order valence-electron chi connectivity index (χ1n) is 8.05. The molecule has 0 aromatic heterocycles.